The van der Waals surface area contributed by atoms with Gasteiger partial charge in [-0.05, 0) is 55.9 Å². The van der Waals surface area contributed by atoms with E-state index in [9.17, 15) is 0 Å². The minimum absolute atomic E-state index is 0.910. The number of hydrogen-bond acceptors (Lipinski definition) is 2. The Morgan fingerprint density at radius 1 is 1.18 bits per heavy atom. The third-order valence-electron chi connectivity index (χ3n) is 4.16. The van der Waals surface area contributed by atoms with Gasteiger partial charge in [-0.25, -0.2) is 0 Å². The van der Waals surface area contributed by atoms with Gasteiger partial charge in [0.2, 0.25) is 0 Å². The van der Waals surface area contributed by atoms with Crippen molar-refractivity contribution >= 4 is 0 Å². The van der Waals surface area contributed by atoms with Crippen LogP contribution >= 0.6 is 0 Å². The minimum Gasteiger partial charge on any atom is -0.316 e. The highest BCUT2D eigenvalue weighted by molar-refractivity contribution is 5.30. The van der Waals surface area contributed by atoms with E-state index in [2.05, 4.69) is 34.5 Å². The van der Waals surface area contributed by atoms with E-state index in [0.717, 1.165) is 19.0 Å². The Balaban J connectivity index is 1.48. The summed E-state index contributed by atoms with van der Waals surface area (Å²) in [5.41, 5.74) is 3.07. The zero-order chi connectivity index (χ0) is 11.5. The molecular weight excluding hydrogens is 208 g/mol. The summed E-state index contributed by atoms with van der Waals surface area (Å²) < 4.78 is 0. The van der Waals surface area contributed by atoms with Crippen LogP contribution in [0.3, 0.4) is 0 Å². The number of nitrogens with one attached hydrogen (secondary N) is 1. The smallest absolute Gasteiger partial charge is 0.0240 e. The third-order valence-corrected chi connectivity index (χ3v) is 4.16. The zero-order valence-corrected chi connectivity index (χ0v) is 10.5. The van der Waals surface area contributed by atoms with Crippen LogP contribution in [0.4, 0.5) is 0 Å². The minimum atomic E-state index is 0.910. The van der Waals surface area contributed by atoms with Crippen LogP contribution in [0.2, 0.25) is 0 Å². The molecule has 0 radical (unpaired) electrons. The van der Waals surface area contributed by atoms with E-state index in [1.807, 2.05) is 0 Å². The Morgan fingerprint density at radius 3 is 2.59 bits per heavy atom. The lowest BCUT2D eigenvalue weighted by Crippen LogP contribution is -2.32. The van der Waals surface area contributed by atoms with Crippen molar-refractivity contribution in [2.75, 3.05) is 19.6 Å². The van der Waals surface area contributed by atoms with Gasteiger partial charge in [-0.1, -0.05) is 24.3 Å². The molecule has 2 aliphatic heterocycles. The average molecular weight is 230 g/mol. The second-order valence-corrected chi connectivity index (χ2v) is 5.48. The second-order valence-electron chi connectivity index (χ2n) is 5.48. The van der Waals surface area contributed by atoms with Crippen LogP contribution in [0.1, 0.15) is 30.4 Å². The Bertz CT molecular complexity index is 344. The van der Waals surface area contributed by atoms with Crippen LogP contribution in [0, 0.1) is 5.92 Å². The summed E-state index contributed by atoms with van der Waals surface area (Å²) in [4.78, 5) is 2.60. The Morgan fingerprint density at radius 2 is 1.94 bits per heavy atom. The molecule has 0 aromatic heterocycles. The number of benzene rings is 1. The number of nitrogens with zero attached hydrogens (tertiary/aromatic N) is 1. The first kappa shape index (κ1) is 11.2. The van der Waals surface area contributed by atoms with Gasteiger partial charge in [0.15, 0.2) is 0 Å². The van der Waals surface area contributed by atoms with Gasteiger partial charge in [0.25, 0.3) is 0 Å². The lowest BCUT2D eigenvalue weighted by Gasteiger charge is -2.25. The normalized spacial score (nSPS) is 24.8. The van der Waals surface area contributed by atoms with Crippen molar-refractivity contribution in [3.63, 3.8) is 0 Å². The quantitative estimate of drug-likeness (QED) is 0.857. The van der Waals surface area contributed by atoms with Crippen molar-refractivity contribution in [3.8, 4) is 0 Å². The first-order valence-electron chi connectivity index (χ1n) is 6.91. The van der Waals surface area contributed by atoms with Gasteiger partial charge in [-0.2, -0.15) is 0 Å². The molecule has 2 heteroatoms. The van der Waals surface area contributed by atoms with Crippen molar-refractivity contribution < 1.29 is 0 Å². The SMILES string of the molecule is c1ccc2c(c1)CN(CCC1CCCNC1)C2. The van der Waals surface area contributed by atoms with Crippen molar-refractivity contribution in [3.05, 3.63) is 35.4 Å². The summed E-state index contributed by atoms with van der Waals surface area (Å²) >= 11 is 0. The van der Waals surface area contributed by atoms with Crippen molar-refractivity contribution in [1.82, 2.24) is 10.2 Å². The van der Waals surface area contributed by atoms with E-state index in [1.54, 1.807) is 0 Å². The average Bonchev–Trinajstić information content (AvgIpc) is 2.80. The number of rotatable bonds is 3. The number of fused-ring (bicyclic) bond motifs is 1. The van der Waals surface area contributed by atoms with Crippen molar-refractivity contribution in [1.29, 1.82) is 0 Å². The number of piperidine rings is 1. The maximum Gasteiger partial charge on any atom is 0.0240 e. The lowest BCUT2D eigenvalue weighted by molar-refractivity contribution is 0.241. The van der Waals surface area contributed by atoms with E-state index >= 15 is 0 Å². The molecule has 0 spiro atoms. The van der Waals surface area contributed by atoms with E-state index in [0.29, 0.717) is 0 Å². The molecular formula is C15H22N2. The van der Waals surface area contributed by atoms with Gasteiger partial charge in [0.05, 0.1) is 0 Å². The highest BCUT2D eigenvalue weighted by atomic mass is 15.1. The van der Waals surface area contributed by atoms with Crippen LogP contribution in [0.5, 0.6) is 0 Å². The van der Waals surface area contributed by atoms with Crippen molar-refractivity contribution in [2.24, 2.45) is 5.92 Å². The summed E-state index contributed by atoms with van der Waals surface area (Å²) in [6.07, 6.45) is 4.15. The van der Waals surface area contributed by atoms with E-state index < -0.39 is 0 Å². The van der Waals surface area contributed by atoms with Gasteiger partial charge in [0, 0.05) is 13.1 Å². The first-order chi connectivity index (χ1) is 8.42. The number of hydrogen-bond donors (Lipinski definition) is 1. The molecule has 2 heterocycles. The molecule has 0 saturated carbocycles. The third kappa shape index (κ3) is 2.70. The molecule has 1 aromatic rings. The molecule has 1 atom stereocenters. The second kappa shape index (κ2) is 5.19. The summed E-state index contributed by atoms with van der Waals surface area (Å²) in [6.45, 7) is 6.06. The maximum atomic E-state index is 3.51. The van der Waals surface area contributed by atoms with Gasteiger partial charge < -0.3 is 5.32 Å². The highest BCUT2D eigenvalue weighted by Crippen LogP contribution is 2.23. The van der Waals surface area contributed by atoms with E-state index in [1.165, 1.54) is 50.0 Å². The molecule has 1 fully saturated rings. The predicted molar refractivity (Wildman–Crippen MR) is 70.8 cm³/mol. The highest BCUT2D eigenvalue weighted by Gasteiger charge is 2.20. The molecule has 1 unspecified atom stereocenters. The molecule has 1 aromatic carbocycles. The van der Waals surface area contributed by atoms with Crippen molar-refractivity contribution in [2.45, 2.75) is 32.4 Å². The standard InChI is InChI=1S/C15H22N2/c1-2-6-15-12-17(11-14(15)5-1)9-7-13-4-3-8-16-10-13/h1-2,5-6,13,16H,3-4,7-12H2. The van der Waals surface area contributed by atoms with Gasteiger partial charge in [-0.15, -0.1) is 0 Å². The molecule has 17 heavy (non-hydrogen) atoms. The monoisotopic (exact) mass is 230 g/mol. The molecule has 2 aliphatic rings. The fourth-order valence-corrected chi connectivity index (χ4v) is 3.10. The van der Waals surface area contributed by atoms with Crippen LogP contribution < -0.4 is 5.32 Å². The summed E-state index contributed by atoms with van der Waals surface area (Å²) in [7, 11) is 0. The molecule has 92 valence electrons. The fourth-order valence-electron chi connectivity index (χ4n) is 3.10. The van der Waals surface area contributed by atoms with Crippen LogP contribution in [-0.2, 0) is 13.1 Å². The van der Waals surface area contributed by atoms with Gasteiger partial charge in [-0.3, -0.25) is 4.90 Å². The zero-order valence-electron chi connectivity index (χ0n) is 10.5. The molecule has 2 nitrogen and oxygen atoms in total. The molecule has 0 aliphatic carbocycles. The maximum absolute atomic E-state index is 3.51. The predicted octanol–water partition coefficient (Wildman–Crippen LogP) is 2.39. The largest absolute Gasteiger partial charge is 0.316 e. The molecule has 0 amide bonds. The Hall–Kier alpha value is -0.860. The molecule has 3 rings (SSSR count). The first-order valence-corrected chi connectivity index (χ1v) is 6.91. The van der Waals surface area contributed by atoms with Gasteiger partial charge >= 0.3 is 0 Å². The Kier molecular flexibility index (Phi) is 3.44. The Labute approximate surface area is 104 Å². The topological polar surface area (TPSA) is 15.3 Å². The van der Waals surface area contributed by atoms with Crippen LogP contribution in [0.15, 0.2) is 24.3 Å². The van der Waals surface area contributed by atoms with E-state index in [4.69, 9.17) is 0 Å². The molecule has 0 bridgehead atoms. The van der Waals surface area contributed by atoms with Crippen LogP contribution in [-0.4, -0.2) is 24.5 Å². The van der Waals surface area contributed by atoms with E-state index in [-0.39, 0.29) is 0 Å². The molecule has 1 saturated heterocycles. The fraction of sp³-hybridized carbons (Fsp3) is 0.600. The summed E-state index contributed by atoms with van der Waals surface area (Å²) in [6, 6.07) is 8.87. The lowest BCUT2D eigenvalue weighted by atomic mass is 9.96. The summed E-state index contributed by atoms with van der Waals surface area (Å²) in [5.74, 6) is 0.910. The summed E-state index contributed by atoms with van der Waals surface area (Å²) in [5, 5.41) is 3.51. The van der Waals surface area contributed by atoms with Crippen LogP contribution in [0.25, 0.3) is 0 Å². The molecule has 1 N–H and O–H groups in total. The van der Waals surface area contributed by atoms with Gasteiger partial charge in [0.1, 0.15) is 0 Å².